The van der Waals surface area contributed by atoms with Crippen molar-refractivity contribution in [2.45, 2.75) is 38.5 Å². The summed E-state index contributed by atoms with van der Waals surface area (Å²) in [5.74, 6) is 1.26. The molecule has 1 saturated carbocycles. The van der Waals surface area contributed by atoms with Crippen LogP contribution in [0.4, 0.5) is 4.39 Å². The summed E-state index contributed by atoms with van der Waals surface area (Å²) in [5, 5.41) is 3.50. The third-order valence-electron chi connectivity index (χ3n) is 5.11. The van der Waals surface area contributed by atoms with E-state index in [4.69, 9.17) is 0 Å². The fourth-order valence-corrected chi connectivity index (χ4v) is 3.98. The van der Waals surface area contributed by atoms with Crippen LogP contribution in [0.3, 0.4) is 0 Å². The molecule has 1 saturated heterocycles. The smallest absolute Gasteiger partial charge is 0.123 e. The average Bonchev–Trinajstić information content (AvgIpc) is 3.23. The van der Waals surface area contributed by atoms with Crippen molar-refractivity contribution < 1.29 is 4.39 Å². The first-order chi connectivity index (χ1) is 8.76. The molecule has 1 aliphatic carbocycles. The Bertz CT molecular complexity index is 427. The minimum atomic E-state index is -0.0983. The molecule has 1 heterocycles. The number of rotatable bonds is 3. The van der Waals surface area contributed by atoms with Crippen molar-refractivity contribution in [2.75, 3.05) is 13.1 Å². The van der Waals surface area contributed by atoms with Crippen LogP contribution in [0, 0.1) is 17.2 Å². The standard InChI is InChI=1S/C16H22FN/c1-2-16(13-6-7-13)8-9-18-11-15(16)12-4-3-5-14(17)10-12/h3-5,10,13,15,18H,2,6-9,11H2,1H3. The van der Waals surface area contributed by atoms with Gasteiger partial charge in [0, 0.05) is 12.5 Å². The second-order valence-corrected chi connectivity index (χ2v) is 5.92. The minimum Gasteiger partial charge on any atom is -0.316 e. The molecular formula is C16H22FN. The average molecular weight is 247 g/mol. The van der Waals surface area contributed by atoms with Gasteiger partial charge in [0.05, 0.1) is 0 Å². The number of hydrogen-bond donors (Lipinski definition) is 1. The summed E-state index contributed by atoms with van der Waals surface area (Å²) in [5.41, 5.74) is 1.61. The third kappa shape index (κ3) is 1.97. The molecule has 0 spiro atoms. The molecule has 0 aromatic heterocycles. The summed E-state index contributed by atoms with van der Waals surface area (Å²) in [4.78, 5) is 0. The molecule has 0 bridgehead atoms. The largest absolute Gasteiger partial charge is 0.316 e. The highest BCUT2D eigenvalue weighted by Gasteiger charge is 2.50. The summed E-state index contributed by atoms with van der Waals surface area (Å²) in [6, 6.07) is 7.25. The first-order valence-corrected chi connectivity index (χ1v) is 7.22. The Labute approximate surface area is 109 Å². The zero-order chi connectivity index (χ0) is 12.6. The zero-order valence-corrected chi connectivity index (χ0v) is 11.1. The van der Waals surface area contributed by atoms with Crippen LogP contribution in [0.15, 0.2) is 24.3 Å². The normalized spacial score (nSPS) is 32.4. The second-order valence-electron chi connectivity index (χ2n) is 5.92. The lowest BCUT2D eigenvalue weighted by Gasteiger charge is -2.45. The van der Waals surface area contributed by atoms with E-state index in [0.29, 0.717) is 11.3 Å². The van der Waals surface area contributed by atoms with E-state index in [-0.39, 0.29) is 5.82 Å². The topological polar surface area (TPSA) is 12.0 Å². The second kappa shape index (κ2) is 4.65. The Morgan fingerprint density at radius 3 is 2.89 bits per heavy atom. The molecule has 2 fully saturated rings. The molecule has 2 atom stereocenters. The van der Waals surface area contributed by atoms with E-state index < -0.39 is 0 Å². The molecule has 1 aliphatic heterocycles. The van der Waals surface area contributed by atoms with Crippen LogP contribution in [-0.4, -0.2) is 13.1 Å². The van der Waals surface area contributed by atoms with Crippen LogP contribution < -0.4 is 5.32 Å². The van der Waals surface area contributed by atoms with Gasteiger partial charge in [-0.1, -0.05) is 19.1 Å². The Morgan fingerprint density at radius 2 is 2.22 bits per heavy atom. The van der Waals surface area contributed by atoms with Gasteiger partial charge in [-0.2, -0.15) is 0 Å². The van der Waals surface area contributed by atoms with Crippen LogP contribution in [0.25, 0.3) is 0 Å². The van der Waals surface area contributed by atoms with E-state index >= 15 is 0 Å². The van der Waals surface area contributed by atoms with E-state index in [2.05, 4.69) is 18.3 Å². The van der Waals surface area contributed by atoms with Crippen molar-refractivity contribution in [1.82, 2.24) is 5.32 Å². The lowest BCUT2D eigenvalue weighted by atomic mass is 9.63. The molecule has 3 rings (SSSR count). The molecule has 2 unspecified atom stereocenters. The first-order valence-electron chi connectivity index (χ1n) is 7.22. The first kappa shape index (κ1) is 12.2. The van der Waals surface area contributed by atoms with Gasteiger partial charge >= 0.3 is 0 Å². The van der Waals surface area contributed by atoms with Crippen molar-refractivity contribution in [2.24, 2.45) is 11.3 Å². The Hall–Kier alpha value is -0.890. The predicted octanol–water partition coefficient (Wildman–Crippen LogP) is 3.71. The van der Waals surface area contributed by atoms with Gasteiger partial charge in [-0.3, -0.25) is 0 Å². The number of piperidine rings is 1. The lowest BCUT2D eigenvalue weighted by Crippen LogP contribution is -2.44. The maximum absolute atomic E-state index is 13.5. The highest BCUT2D eigenvalue weighted by molar-refractivity contribution is 5.26. The Morgan fingerprint density at radius 1 is 1.39 bits per heavy atom. The van der Waals surface area contributed by atoms with Crippen molar-refractivity contribution >= 4 is 0 Å². The van der Waals surface area contributed by atoms with E-state index in [1.807, 2.05) is 6.07 Å². The van der Waals surface area contributed by atoms with Crippen molar-refractivity contribution in [3.8, 4) is 0 Å². The van der Waals surface area contributed by atoms with Crippen molar-refractivity contribution in [3.05, 3.63) is 35.6 Å². The molecule has 0 radical (unpaired) electrons. The fourth-order valence-electron chi connectivity index (χ4n) is 3.98. The van der Waals surface area contributed by atoms with Crippen molar-refractivity contribution in [1.29, 1.82) is 0 Å². The maximum atomic E-state index is 13.5. The van der Waals surface area contributed by atoms with Crippen LogP contribution in [0.2, 0.25) is 0 Å². The lowest BCUT2D eigenvalue weighted by molar-refractivity contribution is 0.123. The quantitative estimate of drug-likeness (QED) is 0.858. The molecule has 2 heteroatoms. The SMILES string of the molecule is CCC1(C2CC2)CCNCC1c1cccc(F)c1. The van der Waals surface area contributed by atoms with E-state index in [1.165, 1.54) is 31.2 Å². The molecule has 1 aromatic carbocycles. The molecule has 1 aromatic rings. The summed E-state index contributed by atoms with van der Waals surface area (Å²) in [7, 11) is 0. The third-order valence-corrected chi connectivity index (χ3v) is 5.11. The number of hydrogen-bond acceptors (Lipinski definition) is 1. The van der Waals surface area contributed by atoms with Gasteiger partial charge in [0.2, 0.25) is 0 Å². The molecule has 1 nitrogen and oxygen atoms in total. The monoisotopic (exact) mass is 247 g/mol. The van der Waals surface area contributed by atoms with Gasteiger partial charge in [0.25, 0.3) is 0 Å². The molecule has 0 amide bonds. The minimum absolute atomic E-state index is 0.0983. The van der Waals surface area contributed by atoms with Gasteiger partial charge in [-0.15, -0.1) is 0 Å². The van der Waals surface area contributed by atoms with Crippen LogP contribution in [-0.2, 0) is 0 Å². The molecule has 2 aliphatic rings. The molecule has 18 heavy (non-hydrogen) atoms. The fraction of sp³-hybridized carbons (Fsp3) is 0.625. The van der Waals surface area contributed by atoms with Gasteiger partial charge in [-0.05, 0) is 61.3 Å². The van der Waals surface area contributed by atoms with Gasteiger partial charge < -0.3 is 5.32 Å². The number of halogens is 1. The summed E-state index contributed by atoms with van der Waals surface area (Å²) in [6.45, 7) is 4.44. The molecule has 1 N–H and O–H groups in total. The zero-order valence-electron chi connectivity index (χ0n) is 11.1. The summed E-state index contributed by atoms with van der Waals surface area (Å²) >= 11 is 0. The van der Waals surface area contributed by atoms with E-state index in [1.54, 1.807) is 12.1 Å². The summed E-state index contributed by atoms with van der Waals surface area (Å²) < 4.78 is 13.5. The molecule has 98 valence electrons. The van der Waals surface area contributed by atoms with Crippen LogP contribution in [0.5, 0.6) is 0 Å². The highest BCUT2D eigenvalue weighted by atomic mass is 19.1. The maximum Gasteiger partial charge on any atom is 0.123 e. The van der Waals surface area contributed by atoms with E-state index in [0.717, 1.165) is 19.0 Å². The molecular weight excluding hydrogens is 225 g/mol. The van der Waals surface area contributed by atoms with Crippen LogP contribution in [0.1, 0.15) is 44.1 Å². The van der Waals surface area contributed by atoms with E-state index in [9.17, 15) is 4.39 Å². The number of nitrogens with one attached hydrogen (secondary N) is 1. The predicted molar refractivity (Wildman–Crippen MR) is 72.1 cm³/mol. The Balaban J connectivity index is 1.96. The van der Waals surface area contributed by atoms with Crippen molar-refractivity contribution in [3.63, 3.8) is 0 Å². The van der Waals surface area contributed by atoms with Gasteiger partial charge in [-0.25, -0.2) is 4.39 Å². The Kier molecular flexibility index (Phi) is 3.14. The highest BCUT2D eigenvalue weighted by Crippen LogP contribution is 2.58. The number of benzene rings is 1. The van der Waals surface area contributed by atoms with Crippen LogP contribution >= 0.6 is 0 Å². The van der Waals surface area contributed by atoms with Gasteiger partial charge in [0.1, 0.15) is 5.82 Å². The van der Waals surface area contributed by atoms with Gasteiger partial charge in [0.15, 0.2) is 0 Å². The summed E-state index contributed by atoms with van der Waals surface area (Å²) in [6.07, 6.45) is 5.22.